The molecule has 6 atom stereocenters. The molecule has 6 unspecified atom stereocenters. The highest BCUT2D eigenvalue weighted by Gasteiger charge is 2.32. The molecule has 0 heterocycles. The molecule has 2 fully saturated rings. The molecule has 0 radical (unpaired) electrons. The van der Waals surface area contributed by atoms with Crippen LogP contribution in [0.3, 0.4) is 0 Å². The summed E-state index contributed by atoms with van der Waals surface area (Å²) in [5.41, 5.74) is 0. The third-order valence-corrected chi connectivity index (χ3v) is 9.10. The van der Waals surface area contributed by atoms with Crippen molar-refractivity contribution >= 4 is 0 Å². The van der Waals surface area contributed by atoms with Crippen molar-refractivity contribution in [1.82, 2.24) is 10.6 Å². The zero-order valence-corrected chi connectivity index (χ0v) is 23.3. The molecule has 196 valence electrons. The Morgan fingerprint density at radius 2 is 0.909 bits per heavy atom. The predicted octanol–water partition coefficient (Wildman–Crippen LogP) is 8.89. The van der Waals surface area contributed by atoms with Gasteiger partial charge in [0.05, 0.1) is 0 Å². The van der Waals surface area contributed by atoms with Crippen LogP contribution in [0.4, 0.5) is 0 Å². The molecule has 2 saturated carbocycles. The molecule has 2 heteroatoms. The largest absolute Gasteiger partial charge is 0.314 e. The summed E-state index contributed by atoms with van der Waals surface area (Å²) >= 11 is 0. The van der Waals surface area contributed by atoms with Crippen molar-refractivity contribution in [2.45, 2.75) is 162 Å². The molecule has 2 nitrogen and oxygen atoms in total. The van der Waals surface area contributed by atoms with Crippen LogP contribution in [0, 0.1) is 23.7 Å². The van der Waals surface area contributed by atoms with Crippen LogP contribution < -0.4 is 10.6 Å². The van der Waals surface area contributed by atoms with Gasteiger partial charge in [-0.3, -0.25) is 0 Å². The van der Waals surface area contributed by atoms with E-state index in [0.29, 0.717) is 0 Å². The molecule has 0 aromatic carbocycles. The maximum absolute atomic E-state index is 3.93. The first-order valence-corrected chi connectivity index (χ1v) is 15.6. The van der Waals surface area contributed by atoms with Crippen molar-refractivity contribution in [2.24, 2.45) is 23.7 Å². The fourth-order valence-electron chi connectivity index (χ4n) is 6.91. The van der Waals surface area contributed by atoms with Crippen LogP contribution in [-0.4, -0.2) is 25.2 Å². The Kier molecular flexibility index (Phi) is 16.1. The molecular weight excluding hydrogens is 400 g/mol. The molecule has 0 aliphatic heterocycles. The zero-order valence-electron chi connectivity index (χ0n) is 23.3. The maximum atomic E-state index is 3.93. The van der Waals surface area contributed by atoms with E-state index in [4.69, 9.17) is 0 Å². The van der Waals surface area contributed by atoms with E-state index in [1.807, 2.05) is 0 Å². The average Bonchev–Trinajstić information content (AvgIpc) is 2.80. The van der Waals surface area contributed by atoms with Gasteiger partial charge >= 0.3 is 0 Å². The first-order valence-electron chi connectivity index (χ1n) is 15.6. The van der Waals surface area contributed by atoms with Crippen molar-refractivity contribution in [3.8, 4) is 0 Å². The van der Waals surface area contributed by atoms with Gasteiger partial charge in [0.15, 0.2) is 0 Å². The molecule has 0 aromatic rings. The molecule has 0 aromatic heterocycles. The van der Waals surface area contributed by atoms with E-state index in [1.165, 1.54) is 135 Å². The van der Waals surface area contributed by atoms with Crippen LogP contribution in [0.25, 0.3) is 0 Å². The van der Waals surface area contributed by atoms with Crippen molar-refractivity contribution in [3.05, 3.63) is 0 Å². The van der Waals surface area contributed by atoms with E-state index in [1.54, 1.807) is 0 Å². The summed E-state index contributed by atoms with van der Waals surface area (Å²) in [4.78, 5) is 0. The predicted molar refractivity (Wildman–Crippen MR) is 148 cm³/mol. The lowest BCUT2D eigenvalue weighted by molar-refractivity contribution is 0.149. The van der Waals surface area contributed by atoms with Gasteiger partial charge in [0.1, 0.15) is 0 Å². The van der Waals surface area contributed by atoms with Crippen LogP contribution in [0.1, 0.15) is 150 Å². The summed E-state index contributed by atoms with van der Waals surface area (Å²) in [6, 6.07) is 1.58. The van der Waals surface area contributed by atoms with Gasteiger partial charge in [-0.25, -0.2) is 0 Å². The number of hydrogen-bond donors (Lipinski definition) is 2. The van der Waals surface area contributed by atoms with Crippen LogP contribution >= 0.6 is 0 Å². The minimum absolute atomic E-state index is 0.790. The van der Waals surface area contributed by atoms with Gasteiger partial charge in [0.25, 0.3) is 0 Å². The highest BCUT2D eigenvalue weighted by atomic mass is 14.9. The van der Waals surface area contributed by atoms with Gasteiger partial charge in [-0.2, -0.15) is 0 Å². The topological polar surface area (TPSA) is 24.1 Å². The summed E-state index contributed by atoms with van der Waals surface area (Å²) < 4.78 is 0. The lowest BCUT2D eigenvalue weighted by Crippen LogP contribution is -2.42. The van der Waals surface area contributed by atoms with Gasteiger partial charge < -0.3 is 10.6 Å². The maximum Gasteiger partial charge on any atom is 0.00928 e. The molecule has 2 aliphatic carbocycles. The molecular formula is C31H62N2. The fraction of sp³-hybridized carbons (Fsp3) is 1.00. The van der Waals surface area contributed by atoms with Crippen LogP contribution in [0.2, 0.25) is 0 Å². The standard InChI is InChI=1S/C31H62N2/c1-5-7-9-11-13-15-21-32-30-19-17-28(23-26(30)3)25-29-18-20-31(27(4)24-29)33-22-16-14-12-10-8-6-2/h26-33H,5-25H2,1-4H3. The van der Waals surface area contributed by atoms with E-state index in [2.05, 4.69) is 38.3 Å². The molecule has 0 bridgehead atoms. The second-order valence-corrected chi connectivity index (χ2v) is 12.2. The monoisotopic (exact) mass is 462 g/mol. The fourth-order valence-corrected chi connectivity index (χ4v) is 6.91. The smallest absolute Gasteiger partial charge is 0.00928 e. The molecule has 2 rings (SSSR count). The summed E-state index contributed by atoms with van der Waals surface area (Å²) in [5.74, 6) is 3.74. The highest BCUT2D eigenvalue weighted by Crippen LogP contribution is 2.39. The van der Waals surface area contributed by atoms with Crippen LogP contribution in [0.15, 0.2) is 0 Å². The summed E-state index contributed by atoms with van der Waals surface area (Å²) in [7, 11) is 0. The first-order chi connectivity index (χ1) is 16.1. The lowest BCUT2D eigenvalue weighted by atomic mass is 9.70. The SMILES string of the molecule is CCCCCCCCNC1CCC(CC2CCC(NCCCCCCCC)C(C)C2)CC1C. The lowest BCUT2D eigenvalue weighted by Gasteiger charge is -2.39. The summed E-state index contributed by atoms with van der Waals surface area (Å²) in [6.07, 6.45) is 27.2. The molecule has 0 saturated heterocycles. The Labute approximate surface area is 209 Å². The molecule has 0 amide bonds. The number of rotatable bonds is 18. The summed E-state index contributed by atoms with van der Waals surface area (Å²) in [5, 5.41) is 7.86. The molecule has 0 spiro atoms. The average molecular weight is 463 g/mol. The van der Waals surface area contributed by atoms with Crippen molar-refractivity contribution in [2.75, 3.05) is 13.1 Å². The van der Waals surface area contributed by atoms with E-state index >= 15 is 0 Å². The van der Waals surface area contributed by atoms with Crippen LogP contribution in [-0.2, 0) is 0 Å². The Morgan fingerprint density at radius 1 is 0.515 bits per heavy atom. The Hall–Kier alpha value is -0.0800. The second kappa shape index (κ2) is 18.2. The van der Waals surface area contributed by atoms with E-state index in [0.717, 1.165) is 35.8 Å². The highest BCUT2D eigenvalue weighted by molar-refractivity contribution is 4.87. The number of nitrogens with one attached hydrogen (secondary N) is 2. The van der Waals surface area contributed by atoms with Crippen molar-refractivity contribution in [3.63, 3.8) is 0 Å². The summed E-state index contributed by atoms with van der Waals surface area (Å²) in [6.45, 7) is 12.2. The Morgan fingerprint density at radius 3 is 1.30 bits per heavy atom. The van der Waals surface area contributed by atoms with E-state index in [9.17, 15) is 0 Å². The third-order valence-electron chi connectivity index (χ3n) is 9.10. The Balaban J connectivity index is 1.53. The first kappa shape index (κ1) is 29.2. The minimum Gasteiger partial charge on any atom is -0.314 e. The Bertz CT molecular complexity index is 410. The molecule has 33 heavy (non-hydrogen) atoms. The van der Waals surface area contributed by atoms with Gasteiger partial charge in [0, 0.05) is 12.1 Å². The van der Waals surface area contributed by atoms with Gasteiger partial charge in [0.2, 0.25) is 0 Å². The minimum atomic E-state index is 0.790. The molecule has 2 aliphatic rings. The number of unbranched alkanes of at least 4 members (excludes halogenated alkanes) is 10. The van der Waals surface area contributed by atoms with Gasteiger partial charge in [-0.1, -0.05) is 91.9 Å². The van der Waals surface area contributed by atoms with Gasteiger partial charge in [-0.15, -0.1) is 0 Å². The third kappa shape index (κ3) is 12.4. The van der Waals surface area contributed by atoms with Gasteiger partial charge in [-0.05, 0) is 94.5 Å². The molecule has 2 N–H and O–H groups in total. The van der Waals surface area contributed by atoms with Crippen molar-refractivity contribution < 1.29 is 0 Å². The second-order valence-electron chi connectivity index (χ2n) is 12.2. The van der Waals surface area contributed by atoms with E-state index < -0.39 is 0 Å². The quantitative estimate of drug-likeness (QED) is 0.199. The van der Waals surface area contributed by atoms with E-state index in [-0.39, 0.29) is 0 Å². The van der Waals surface area contributed by atoms with Crippen molar-refractivity contribution in [1.29, 1.82) is 0 Å². The number of hydrogen-bond acceptors (Lipinski definition) is 2. The zero-order chi connectivity index (χ0) is 23.7. The van der Waals surface area contributed by atoms with Crippen LogP contribution in [0.5, 0.6) is 0 Å². The normalized spacial score (nSPS) is 30.5.